The molecule has 1 aliphatic heterocycles. The number of aromatic nitrogens is 1. The molecule has 5 heteroatoms. The highest BCUT2D eigenvalue weighted by Crippen LogP contribution is 2.33. The smallest absolute Gasteiger partial charge is 0.269 e. The normalized spacial score (nSPS) is 18.8. The predicted molar refractivity (Wildman–Crippen MR) is 70.5 cm³/mol. The second-order valence-electron chi connectivity index (χ2n) is 5.02. The topological polar surface area (TPSA) is 68.5 Å². The van der Waals surface area contributed by atoms with E-state index in [-0.39, 0.29) is 5.91 Å². The van der Waals surface area contributed by atoms with Crippen molar-refractivity contribution in [3.8, 4) is 5.75 Å². The maximum Gasteiger partial charge on any atom is 0.269 e. The summed E-state index contributed by atoms with van der Waals surface area (Å²) in [5.41, 5.74) is 6.22. The highest BCUT2D eigenvalue weighted by atomic mass is 16.5. The lowest BCUT2D eigenvalue weighted by Crippen LogP contribution is -2.45. The van der Waals surface area contributed by atoms with Gasteiger partial charge in [-0.2, -0.15) is 0 Å². The number of hydrogen-bond donors (Lipinski definition) is 1. The first-order valence-electron chi connectivity index (χ1n) is 6.22. The summed E-state index contributed by atoms with van der Waals surface area (Å²) in [5, 5.41) is 0. The first-order valence-corrected chi connectivity index (χ1v) is 6.22. The molecule has 1 atom stereocenters. The van der Waals surface area contributed by atoms with Crippen molar-refractivity contribution in [2.24, 2.45) is 5.92 Å². The summed E-state index contributed by atoms with van der Waals surface area (Å²) in [6.07, 6.45) is 2.01. The zero-order valence-corrected chi connectivity index (χ0v) is 11.0. The number of pyridine rings is 1. The molecule has 0 fully saturated rings. The Kier molecular flexibility index (Phi) is 3.41. The Hall–Kier alpha value is -1.78. The lowest BCUT2D eigenvalue weighted by molar-refractivity contribution is -0.125. The fraction of sp³-hybridized carbons (Fsp3) is 0.538. The highest BCUT2D eigenvalue weighted by molar-refractivity contribution is 5.98. The Bertz CT molecular complexity index is 460. The second kappa shape index (κ2) is 4.84. The molecule has 0 bridgehead atoms. The largest absolute Gasteiger partial charge is 0.477 e. The van der Waals surface area contributed by atoms with Crippen molar-refractivity contribution < 1.29 is 9.53 Å². The van der Waals surface area contributed by atoms with Crippen LogP contribution in [0.15, 0.2) is 12.3 Å². The van der Waals surface area contributed by atoms with Gasteiger partial charge in [0.25, 0.3) is 5.91 Å². The van der Waals surface area contributed by atoms with E-state index in [4.69, 9.17) is 10.5 Å². The van der Waals surface area contributed by atoms with Gasteiger partial charge in [0.2, 0.25) is 0 Å². The number of amides is 1. The van der Waals surface area contributed by atoms with Gasteiger partial charge in [-0.1, -0.05) is 13.8 Å². The Balaban J connectivity index is 2.30. The zero-order valence-electron chi connectivity index (χ0n) is 11.0. The van der Waals surface area contributed by atoms with Gasteiger partial charge in [0.1, 0.15) is 0 Å². The van der Waals surface area contributed by atoms with Crippen molar-refractivity contribution >= 4 is 17.4 Å². The SMILES string of the molecule is CC(C)CCN1C(=O)C(C)Oc2cc(N)cnc21. The van der Waals surface area contributed by atoms with Crippen molar-refractivity contribution in [2.75, 3.05) is 17.2 Å². The van der Waals surface area contributed by atoms with Gasteiger partial charge in [-0.25, -0.2) is 4.98 Å². The zero-order chi connectivity index (χ0) is 13.3. The summed E-state index contributed by atoms with van der Waals surface area (Å²) in [5.74, 6) is 1.66. The number of carbonyl (C=O) groups excluding carboxylic acids is 1. The third-order valence-corrected chi connectivity index (χ3v) is 2.96. The van der Waals surface area contributed by atoms with E-state index in [0.717, 1.165) is 6.42 Å². The minimum atomic E-state index is -0.478. The van der Waals surface area contributed by atoms with E-state index in [0.29, 0.717) is 29.7 Å². The third kappa shape index (κ3) is 2.39. The number of carbonyl (C=O) groups is 1. The maximum absolute atomic E-state index is 12.1. The fourth-order valence-electron chi connectivity index (χ4n) is 1.91. The second-order valence-corrected chi connectivity index (χ2v) is 5.02. The minimum absolute atomic E-state index is 0.0413. The molecule has 1 aromatic rings. The molecule has 2 rings (SSSR count). The predicted octanol–water partition coefficient (Wildman–Crippen LogP) is 1.82. The summed E-state index contributed by atoms with van der Waals surface area (Å²) >= 11 is 0. The van der Waals surface area contributed by atoms with Gasteiger partial charge in [0.15, 0.2) is 17.7 Å². The number of hydrogen-bond acceptors (Lipinski definition) is 4. The number of fused-ring (bicyclic) bond motifs is 1. The molecule has 2 heterocycles. The van der Waals surface area contributed by atoms with E-state index in [1.165, 1.54) is 0 Å². The van der Waals surface area contributed by atoms with Gasteiger partial charge in [-0.05, 0) is 19.3 Å². The Morgan fingerprint density at radius 3 is 2.94 bits per heavy atom. The molecule has 0 spiro atoms. The van der Waals surface area contributed by atoms with Crippen LogP contribution in [-0.2, 0) is 4.79 Å². The molecule has 0 aromatic carbocycles. The van der Waals surface area contributed by atoms with Crippen LogP contribution in [0.2, 0.25) is 0 Å². The molecule has 0 aliphatic carbocycles. The van der Waals surface area contributed by atoms with E-state index in [2.05, 4.69) is 18.8 Å². The molecule has 5 nitrogen and oxygen atoms in total. The van der Waals surface area contributed by atoms with Gasteiger partial charge in [-0.15, -0.1) is 0 Å². The van der Waals surface area contributed by atoms with Crippen LogP contribution in [0.5, 0.6) is 5.75 Å². The van der Waals surface area contributed by atoms with Crippen LogP contribution in [0.1, 0.15) is 27.2 Å². The number of nitrogen functional groups attached to an aromatic ring is 1. The molecule has 1 aliphatic rings. The van der Waals surface area contributed by atoms with E-state index < -0.39 is 6.10 Å². The number of ether oxygens (including phenoxy) is 1. The summed E-state index contributed by atoms with van der Waals surface area (Å²) in [4.78, 5) is 18.0. The van der Waals surface area contributed by atoms with E-state index in [1.54, 1.807) is 24.1 Å². The Morgan fingerprint density at radius 1 is 1.56 bits per heavy atom. The number of rotatable bonds is 3. The maximum atomic E-state index is 12.1. The average molecular weight is 249 g/mol. The van der Waals surface area contributed by atoms with Crippen LogP contribution in [0, 0.1) is 5.92 Å². The van der Waals surface area contributed by atoms with E-state index in [9.17, 15) is 4.79 Å². The molecular formula is C13H19N3O2. The quantitative estimate of drug-likeness (QED) is 0.887. The summed E-state index contributed by atoms with van der Waals surface area (Å²) in [6, 6.07) is 1.72. The fourth-order valence-corrected chi connectivity index (χ4v) is 1.91. The van der Waals surface area contributed by atoms with Gasteiger partial charge >= 0.3 is 0 Å². The molecule has 18 heavy (non-hydrogen) atoms. The Morgan fingerprint density at radius 2 is 2.28 bits per heavy atom. The highest BCUT2D eigenvalue weighted by Gasteiger charge is 2.32. The van der Waals surface area contributed by atoms with Crippen molar-refractivity contribution in [3.63, 3.8) is 0 Å². The Labute approximate surface area is 107 Å². The van der Waals surface area contributed by atoms with Crippen molar-refractivity contribution in [1.82, 2.24) is 4.98 Å². The molecule has 0 saturated carbocycles. The molecule has 2 N–H and O–H groups in total. The van der Waals surface area contributed by atoms with Crippen LogP contribution in [-0.4, -0.2) is 23.5 Å². The van der Waals surface area contributed by atoms with Crippen LogP contribution in [0.4, 0.5) is 11.5 Å². The molecular weight excluding hydrogens is 230 g/mol. The first-order chi connectivity index (χ1) is 8.49. The lowest BCUT2D eigenvalue weighted by Gasteiger charge is -2.32. The van der Waals surface area contributed by atoms with Crippen LogP contribution in [0.25, 0.3) is 0 Å². The van der Waals surface area contributed by atoms with Gasteiger partial charge < -0.3 is 10.5 Å². The van der Waals surface area contributed by atoms with Crippen molar-refractivity contribution in [3.05, 3.63) is 12.3 Å². The van der Waals surface area contributed by atoms with E-state index in [1.807, 2.05) is 0 Å². The average Bonchev–Trinajstić information content (AvgIpc) is 2.29. The number of nitrogens with zero attached hydrogens (tertiary/aromatic N) is 2. The van der Waals surface area contributed by atoms with Gasteiger partial charge in [-0.3, -0.25) is 9.69 Å². The monoisotopic (exact) mass is 249 g/mol. The summed E-state index contributed by atoms with van der Waals surface area (Å²) < 4.78 is 5.53. The molecule has 1 amide bonds. The first kappa shape index (κ1) is 12.7. The number of anilines is 2. The minimum Gasteiger partial charge on any atom is -0.477 e. The molecule has 1 aromatic heterocycles. The molecule has 98 valence electrons. The van der Waals surface area contributed by atoms with Crippen LogP contribution < -0.4 is 15.4 Å². The lowest BCUT2D eigenvalue weighted by atomic mass is 10.1. The van der Waals surface area contributed by atoms with Gasteiger partial charge in [0.05, 0.1) is 11.9 Å². The van der Waals surface area contributed by atoms with Gasteiger partial charge in [0, 0.05) is 12.6 Å². The summed E-state index contributed by atoms with van der Waals surface area (Å²) in [6.45, 7) is 6.67. The molecule has 1 unspecified atom stereocenters. The standard InChI is InChI=1S/C13H19N3O2/c1-8(2)4-5-16-12-11(6-10(14)7-15-12)18-9(3)13(16)17/h6-9H,4-5,14H2,1-3H3. The molecule has 0 radical (unpaired) electrons. The van der Waals surface area contributed by atoms with E-state index >= 15 is 0 Å². The summed E-state index contributed by atoms with van der Waals surface area (Å²) in [7, 11) is 0. The van der Waals surface area contributed by atoms with Crippen LogP contribution in [0.3, 0.4) is 0 Å². The number of nitrogens with two attached hydrogens (primary N) is 1. The van der Waals surface area contributed by atoms with Crippen molar-refractivity contribution in [2.45, 2.75) is 33.3 Å². The molecule has 0 saturated heterocycles. The third-order valence-electron chi connectivity index (χ3n) is 2.96. The van der Waals surface area contributed by atoms with Crippen molar-refractivity contribution in [1.29, 1.82) is 0 Å². The van der Waals surface area contributed by atoms with Crippen LogP contribution >= 0.6 is 0 Å².